The molecule has 2 N–H and O–H groups in total. The molecule has 0 atom stereocenters. The standard InChI is InChI=1S/C18H27N5/c1-14(2)23-21-17(13-20-12-15-8-10-19-11-9-15)18(22-23)16-6-4-3-5-7-16/h3-7,14-15,19-20H,8-13H2,1-2H3. The highest BCUT2D eigenvalue weighted by atomic mass is 15.5. The lowest BCUT2D eigenvalue weighted by Gasteiger charge is -2.22. The summed E-state index contributed by atoms with van der Waals surface area (Å²) >= 11 is 0. The summed E-state index contributed by atoms with van der Waals surface area (Å²) in [4.78, 5) is 1.82. The normalized spacial score (nSPS) is 16.1. The molecule has 2 heterocycles. The second-order valence-corrected chi connectivity index (χ2v) is 6.60. The van der Waals surface area contributed by atoms with Crippen molar-refractivity contribution in [1.29, 1.82) is 0 Å². The van der Waals surface area contributed by atoms with Gasteiger partial charge in [0.15, 0.2) is 0 Å². The average molecular weight is 313 g/mol. The minimum Gasteiger partial charge on any atom is -0.317 e. The molecule has 0 amide bonds. The van der Waals surface area contributed by atoms with Crippen LogP contribution >= 0.6 is 0 Å². The smallest absolute Gasteiger partial charge is 0.117 e. The SMILES string of the molecule is CC(C)n1nc(CNCC2CCNCC2)c(-c2ccccc2)n1. The predicted molar refractivity (Wildman–Crippen MR) is 93.1 cm³/mol. The van der Waals surface area contributed by atoms with Gasteiger partial charge >= 0.3 is 0 Å². The fraction of sp³-hybridized carbons (Fsp3) is 0.556. The number of nitrogens with zero attached hydrogens (tertiary/aromatic N) is 3. The molecule has 5 heteroatoms. The third-order valence-corrected chi connectivity index (χ3v) is 4.39. The summed E-state index contributed by atoms with van der Waals surface area (Å²) in [7, 11) is 0. The molecule has 3 rings (SSSR count). The second kappa shape index (κ2) is 7.70. The largest absolute Gasteiger partial charge is 0.317 e. The molecule has 0 unspecified atom stereocenters. The van der Waals surface area contributed by atoms with Gasteiger partial charge in [0, 0.05) is 12.1 Å². The topological polar surface area (TPSA) is 54.8 Å². The Morgan fingerprint density at radius 3 is 2.61 bits per heavy atom. The van der Waals surface area contributed by atoms with Crippen molar-refractivity contribution < 1.29 is 0 Å². The van der Waals surface area contributed by atoms with E-state index in [1.54, 1.807) is 0 Å². The first kappa shape index (κ1) is 16.1. The third-order valence-electron chi connectivity index (χ3n) is 4.39. The van der Waals surface area contributed by atoms with Crippen molar-refractivity contribution in [2.24, 2.45) is 5.92 Å². The van der Waals surface area contributed by atoms with Gasteiger partial charge in [0.25, 0.3) is 0 Å². The van der Waals surface area contributed by atoms with Crippen molar-refractivity contribution in [3.63, 3.8) is 0 Å². The molecule has 1 aliphatic rings. The Bertz CT molecular complexity index is 599. The van der Waals surface area contributed by atoms with Crippen molar-refractivity contribution in [3.05, 3.63) is 36.0 Å². The fourth-order valence-corrected chi connectivity index (χ4v) is 3.00. The minimum absolute atomic E-state index is 0.274. The van der Waals surface area contributed by atoms with Crippen molar-refractivity contribution in [3.8, 4) is 11.3 Å². The second-order valence-electron chi connectivity index (χ2n) is 6.60. The van der Waals surface area contributed by atoms with Crippen LogP contribution in [0.4, 0.5) is 0 Å². The molecule has 5 nitrogen and oxygen atoms in total. The zero-order valence-corrected chi connectivity index (χ0v) is 14.1. The molecule has 1 saturated heterocycles. The summed E-state index contributed by atoms with van der Waals surface area (Å²) in [5.41, 5.74) is 3.18. The first-order chi connectivity index (χ1) is 11.2. The van der Waals surface area contributed by atoms with Crippen LogP contribution in [0.15, 0.2) is 30.3 Å². The Balaban J connectivity index is 1.69. The molecule has 0 saturated carbocycles. The molecular formula is C18H27N5. The van der Waals surface area contributed by atoms with Crippen LogP contribution in [0.3, 0.4) is 0 Å². The lowest BCUT2D eigenvalue weighted by Crippen LogP contribution is -2.33. The zero-order chi connectivity index (χ0) is 16.1. The van der Waals surface area contributed by atoms with Crippen molar-refractivity contribution in [2.75, 3.05) is 19.6 Å². The summed E-state index contributed by atoms with van der Waals surface area (Å²) in [5.74, 6) is 0.775. The van der Waals surface area contributed by atoms with Gasteiger partial charge in [0.2, 0.25) is 0 Å². The summed E-state index contributed by atoms with van der Waals surface area (Å²) in [5, 5.41) is 16.4. The van der Waals surface area contributed by atoms with Crippen LogP contribution in [0, 0.1) is 5.92 Å². The minimum atomic E-state index is 0.274. The van der Waals surface area contributed by atoms with E-state index >= 15 is 0 Å². The highest BCUT2D eigenvalue weighted by Crippen LogP contribution is 2.21. The lowest BCUT2D eigenvalue weighted by molar-refractivity contribution is 0.355. The van der Waals surface area contributed by atoms with Gasteiger partial charge < -0.3 is 10.6 Å². The van der Waals surface area contributed by atoms with Gasteiger partial charge in [-0.2, -0.15) is 15.0 Å². The Morgan fingerprint density at radius 2 is 1.91 bits per heavy atom. The summed E-state index contributed by atoms with van der Waals surface area (Å²) in [6.45, 7) is 8.35. The van der Waals surface area contributed by atoms with E-state index in [9.17, 15) is 0 Å². The Labute approximate surface area is 138 Å². The first-order valence-corrected chi connectivity index (χ1v) is 8.66. The van der Waals surface area contributed by atoms with Crippen LogP contribution < -0.4 is 10.6 Å². The Hall–Kier alpha value is -1.72. The van der Waals surface area contributed by atoms with Crippen LogP contribution in [0.1, 0.15) is 38.4 Å². The molecule has 2 aromatic rings. The van der Waals surface area contributed by atoms with Crippen LogP contribution in [-0.2, 0) is 6.54 Å². The maximum Gasteiger partial charge on any atom is 0.117 e. The maximum absolute atomic E-state index is 4.70. The van der Waals surface area contributed by atoms with Crippen molar-refractivity contribution >= 4 is 0 Å². The highest BCUT2D eigenvalue weighted by Gasteiger charge is 2.16. The first-order valence-electron chi connectivity index (χ1n) is 8.66. The lowest BCUT2D eigenvalue weighted by atomic mass is 9.98. The molecular weight excluding hydrogens is 286 g/mol. The third kappa shape index (κ3) is 4.18. The molecule has 1 aromatic carbocycles. The molecule has 1 aliphatic heterocycles. The molecule has 0 bridgehead atoms. The van der Waals surface area contributed by atoms with E-state index in [0.29, 0.717) is 0 Å². The quantitative estimate of drug-likeness (QED) is 0.861. The van der Waals surface area contributed by atoms with Crippen LogP contribution in [0.25, 0.3) is 11.3 Å². The number of hydrogen-bond donors (Lipinski definition) is 2. The molecule has 0 aliphatic carbocycles. The van der Waals surface area contributed by atoms with Gasteiger partial charge in [-0.25, -0.2) is 0 Å². The van der Waals surface area contributed by atoms with Gasteiger partial charge in [-0.05, 0) is 52.2 Å². The average Bonchev–Trinajstić information content (AvgIpc) is 3.01. The molecule has 0 spiro atoms. The van der Waals surface area contributed by atoms with Gasteiger partial charge in [0.05, 0.1) is 6.04 Å². The van der Waals surface area contributed by atoms with Gasteiger partial charge in [-0.15, -0.1) is 0 Å². The van der Waals surface area contributed by atoms with Gasteiger partial charge in [-0.3, -0.25) is 0 Å². The molecule has 23 heavy (non-hydrogen) atoms. The van der Waals surface area contributed by atoms with Crippen LogP contribution in [-0.4, -0.2) is 34.6 Å². The van der Waals surface area contributed by atoms with Crippen LogP contribution in [0.2, 0.25) is 0 Å². The van der Waals surface area contributed by atoms with E-state index in [1.807, 2.05) is 10.9 Å². The summed E-state index contributed by atoms with van der Waals surface area (Å²) in [6.07, 6.45) is 2.52. The number of nitrogens with one attached hydrogen (secondary N) is 2. The number of piperidine rings is 1. The van der Waals surface area contributed by atoms with Crippen molar-refractivity contribution in [1.82, 2.24) is 25.6 Å². The highest BCUT2D eigenvalue weighted by molar-refractivity contribution is 5.60. The number of rotatable bonds is 6. The van der Waals surface area contributed by atoms with E-state index in [1.165, 1.54) is 12.8 Å². The van der Waals surface area contributed by atoms with E-state index in [-0.39, 0.29) is 6.04 Å². The fourth-order valence-electron chi connectivity index (χ4n) is 3.00. The van der Waals surface area contributed by atoms with Crippen LogP contribution in [0.5, 0.6) is 0 Å². The van der Waals surface area contributed by atoms with E-state index in [2.05, 4.69) is 48.7 Å². The molecule has 1 fully saturated rings. The summed E-state index contributed by atoms with van der Waals surface area (Å²) in [6, 6.07) is 10.6. The van der Waals surface area contributed by atoms with E-state index in [4.69, 9.17) is 10.2 Å². The number of aromatic nitrogens is 3. The van der Waals surface area contributed by atoms with Crippen molar-refractivity contribution in [2.45, 2.75) is 39.3 Å². The number of benzene rings is 1. The predicted octanol–water partition coefficient (Wildman–Crippen LogP) is 2.62. The molecule has 0 radical (unpaired) electrons. The van der Waals surface area contributed by atoms with E-state index in [0.717, 1.165) is 49.0 Å². The number of hydrogen-bond acceptors (Lipinski definition) is 4. The zero-order valence-electron chi connectivity index (χ0n) is 14.1. The molecule has 1 aromatic heterocycles. The molecule has 124 valence electrons. The van der Waals surface area contributed by atoms with E-state index < -0.39 is 0 Å². The maximum atomic E-state index is 4.70. The van der Waals surface area contributed by atoms with Gasteiger partial charge in [-0.1, -0.05) is 30.3 Å². The Morgan fingerprint density at radius 1 is 1.17 bits per heavy atom. The Kier molecular flexibility index (Phi) is 5.41. The van der Waals surface area contributed by atoms with Gasteiger partial charge in [0.1, 0.15) is 11.4 Å². The summed E-state index contributed by atoms with van der Waals surface area (Å²) < 4.78 is 0. The monoisotopic (exact) mass is 313 g/mol.